The lowest BCUT2D eigenvalue weighted by Gasteiger charge is -2.13. The summed E-state index contributed by atoms with van der Waals surface area (Å²) >= 11 is 0. The minimum Gasteiger partial charge on any atom is -0.370 e. The van der Waals surface area contributed by atoms with Crippen molar-refractivity contribution >= 4 is 28.5 Å². The van der Waals surface area contributed by atoms with Crippen molar-refractivity contribution in [1.82, 2.24) is 10.3 Å². The van der Waals surface area contributed by atoms with Gasteiger partial charge in [0.05, 0.1) is 11.1 Å². The third kappa shape index (κ3) is 3.28. The summed E-state index contributed by atoms with van der Waals surface area (Å²) in [5.41, 5.74) is 6.35. The van der Waals surface area contributed by atoms with Gasteiger partial charge in [0.1, 0.15) is 11.9 Å². The topological polar surface area (TPSA) is 97.1 Å². The van der Waals surface area contributed by atoms with Crippen molar-refractivity contribution in [2.75, 3.05) is 11.9 Å². The van der Waals surface area contributed by atoms with Gasteiger partial charge in [-0.25, -0.2) is 4.98 Å². The van der Waals surface area contributed by atoms with E-state index in [-0.39, 0.29) is 5.91 Å². The maximum atomic E-state index is 12.4. The van der Waals surface area contributed by atoms with E-state index in [1.807, 2.05) is 31.2 Å². The predicted octanol–water partition coefficient (Wildman–Crippen LogP) is 1.27. The maximum absolute atomic E-state index is 12.4. The molecule has 1 heterocycles. The van der Waals surface area contributed by atoms with Gasteiger partial charge in [-0.2, -0.15) is 0 Å². The summed E-state index contributed by atoms with van der Waals surface area (Å²) in [5.74, 6) is -0.305. The van der Waals surface area contributed by atoms with E-state index in [1.165, 1.54) is 0 Å². The number of para-hydroxylation sites is 1. The lowest BCUT2D eigenvalue weighted by molar-refractivity contribution is -0.119. The largest absolute Gasteiger partial charge is 0.370 e. The van der Waals surface area contributed by atoms with Crippen molar-refractivity contribution in [2.24, 2.45) is 5.73 Å². The highest BCUT2D eigenvalue weighted by Gasteiger charge is 2.17. The molecule has 0 aliphatic heterocycles. The van der Waals surface area contributed by atoms with Crippen molar-refractivity contribution in [3.8, 4) is 0 Å². The average Bonchev–Trinajstić information content (AvgIpc) is 2.46. The summed E-state index contributed by atoms with van der Waals surface area (Å²) in [6, 6.07) is 8.30. The molecule has 2 aromatic rings. The van der Waals surface area contributed by atoms with E-state index in [1.54, 1.807) is 13.0 Å². The quantitative estimate of drug-likeness (QED) is 0.771. The summed E-state index contributed by atoms with van der Waals surface area (Å²) < 4.78 is 0. The Morgan fingerprint density at radius 1 is 1.33 bits per heavy atom. The number of rotatable bonds is 5. The molecular weight excluding hydrogens is 268 g/mol. The van der Waals surface area contributed by atoms with Crippen LogP contribution in [0.1, 0.15) is 24.2 Å². The van der Waals surface area contributed by atoms with Gasteiger partial charge in [0.25, 0.3) is 5.91 Å². The summed E-state index contributed by atoms with van der Waals surface area (Å²) in [6.45, 7) is 4.20. The van der Waals surface area contributed by atoms with E-state index in [0.717, 1.165) is 5.39 Å². The minimum atomic E-state index is -0.730. The van der Waals surface area contributed by atoms with Gasteiger partial charge in [-0.1, -0.05) is 18.2 Å². The molecule has 0 saturated heterocycles. The lowest BCUT2D eigenvalue weighted by Crippen LogP contribution is -2.42. The molecule has 4 N–H and O–H groups in total. The Kier molecular flexibility index (Phi) is 4.37. The number of nitrogens with one attached hydrogen (secondary N) is 2. The molecule has 1 unspecified atom stereocenters. The van der Waals surface area contributed by atoms with E-state index in [0.29, 0.717) is 23.4 Å². The van der Waals surface area contributed by atoms with Crippen LogP contribution in [0.3, 0.4) is 0 Å². The van der Waals surface area contributed by atoms with Gasteiger partial charge in [0.15, 0.2) is 0 Å². The minimum absolute atomic E-state index is 0.348. The number of fused-ring (bicyclic) bond motifs is 1. The highest BCUT2D eigenvalue weighted by molar-refractivity contribution is 6.08. The molecule has 6 heteroatoms. The van der Waals surface area contributed by atoms with Crippen molar-refractivity contribution in [1.29, 1.82) is 0 Å². The van der Waals surface area contributed by atoms with E-state index >= 15 is 0 Å². The number of nitrogens with zero attached hydrogens (tertiary/aromatic N) is 1. The first-order valence-corrected chi connectivity index (χ1v) is 6.76. The number of hydrogen-bond donors (Lipinski definition) is 3. The third-order valence-corrected chi connectivity index (χ3v) is 3.09. The van der Waals surface area contributed by atoms with Crippen LogP contribution in [0.5, 0.6) is 0 Å². The zero-order valence-electron chi connectivity index (χ0n) is 12.0. The maximum Gasteiger partial charge on any atom is 0.252 e. The fraction of sp³-hybridized carbons (Fsp3) is 0.267. The first-order chi connectivity index (χ1) is 10.0. The van der Waals surface area contributed by atoms with Crippen LogP contribution in [-0.4, -0.2) is 29.4 Å². The van der Waals surface area contributed by atoms with E-state index in [9.17, 15) is 9.59 Å². The van der Waals surface area contributed by atoms with Crippen molar-refractivity contribution < 1.29 is 9.59 Å². The summed E-state index contributed by atoms with van der Waals surface area (Å²) in [5, 5.41) is 6.41. The first kappa shape index (κ1) is 14.8. The number of carbonyl (C=O) groups is 2. The van der Waals surface area contributed by atoms with Gasteiger partial charge in [-0.05, 0) is 26.0 Å². The molecule has 21 heavy (non-hydrogen) atoms. The molecule has 0 fully saturated rings. The lowest BCUT2D eigenvalue weighted by atomic mass is 10.1. The molecule has 2 rings (SSSR count). The van der Waals surface area contributed by atoms with Crippen molar-refractivity contribution in [3.05, 3.63) is 35.9 Å². The summed E-state index contributed by atoms with van der Waals surface area (Å²) in [6.07, 6.45) is 0. The van der Waals surface area contributed by atoms with Crippen LogP contribution < -0.4 is 16.4 Å². The first-order valence-electron chi connectivity index (χ1n) is 6.76. The van der Waals surface area contributed by atoms with E-state index in [4.69, 9.17) is 5.73 Å². The molecular formula is C15H18N4O2. The monoisotopic (exact) mass is 286 g/mol. The zero-order valence-corrected chi connectivity index (χ0v) is 12.0. The standard InChI is InChI=1S/C15H18N4O2/c1-3-17-13-8-11(15(21)18-9(2)14(16)20)10-6-4-5-7-12(10)19-13/h4-9H,3H2,1-2H3,(H2,16,20)(H,17,19)(H,18,21). The van der Waals surface area contributed by atoms with Crippen LogP contribution in [0.2, 0.25) is 0 Å². The molecule has 0 spiro atoms. The molecule has 2 amide bonds. The zero-order chi connectivity index (χ0) is 15.4. The number of anilines is 1. The molecule has 0 bridgehead atoms. The number of pyridine rings is 1. The third-order valence-electron chi connectivity index (χ3n) is 3.09. The highest BCUT2D eigenvalue weighted by Crippen LogP contribution is 2.20. The number of aromatic nitrogens is 1. The van der Waals surface area contributed by atoms with Crippen LogP contribution in [0.25, 0.3) is 10.9 Å². The van der Waals surface area contributed by atoms with Gasteiger partial charge in [0, 0.05) is 11.9 Å². The molecule has 6 nitrogen and oxygen atoms in total. The van der Waals surface area contributed by atoms with Gasteiger partial charge >= 0.3 is 0 Å². The van der Waals surface area contributed by atoms with Crippen LogP contribution in [0.4, 0.5) is 5.82 Å². The fourth-order valence-corrected chi connectivity index (χ4v) is 1.98. The second-order valence-corrected chi connectivity index (χ2v) is 4.70. The van der Waals surface area contributed by atoms with Gasteiger partial charge in [0.2, 0.25) is 5.91 Å². The van der Waals surface area contributed by atoms with Gasteiger partial charge < -0.3 is 16.4 Å². The Hall–Kier alpha value is -2.63. The fourth-order valence-electron chi connectivity index (χ4n) is 1.98. The molecule has 0 aliphatic carbocycles. The summed E-state index contributed by atoms with van der Waals surface area (Å²) in [7, 11) is 0. The molecule has 1 aromatic carbocycles. The van der Waals surface area contributed by atoms with Crippen LogP contribution in [0.15, 0.2) is 30.3 Å². The Morgan fingerprint density at radius 2 is 2.05 bits per heavy atom. The van der Waals surface area contributed by atoms with Crippen LogP contribution >= 0.6 is 0 Å². The Labute approximate surface area is 122 Å². The number of benzene rings is 1. The van der Waals surface area contributed by atoms with E-state index in [2.05, 4.69) is 15.6 Å². The number of hydrogen-bond acceptors (Lipinski definition) is 4. The molecule has 1 aromatic heterocycles. The van der Waals surface area contributed by atoms with Crippen LogP contribution in [-0.2, 0) is 4.79 Å². The summed E-state index contributed by atoms with van der Waals surface area (Å²) in [4.78, 5) is 27.9. The van der Waals surface area contributed by atoms with Crippen molar-refractivity contribution in [2.45, 2.75) is 19.9 Å². The Bertz CT molecular complexity index is 684. The SMILES string of the molecule is CCNc1cc(C(=O)NC(C)C(N)=O)c2ccccc2n1. The Morgan fingerprint density at radius 3 is 2.71 bits per heavy atom. The van der Waals surface area contributed by atoms with Gasteiger partial charge in [-0.15, -0.1) is 0 Å². The van der Waals surface area contributed by atoms with Gasteiger partial charge in [-0.3, -0.25) is 9.59 Å². The van der Waals surface area contributed by atoms with E-state index < -0.39 is 11.9 Å². The predicted molar refractivity (Wildman–Crippen MR) is 82.0 cm³/mol. The number of amides is 2. The second-order valence-electron chi connectivity index (χ2n) is 4.70. The Balaban J connectivity index is 2.45. The van der Waals surface area contributed by atoms with Crippen molar-refractivity contribution in [3.63, 3.8) is 0 Å². The molecule has 0 aliphatic rings. The van der Waals surface area contributed by atoms with Crippen LogP contribution in [0, 0.1) is 0 Å². The number of nitrogens with two attached hydrogens (primary N) is 1. The highest BCUT2D eigenvalue weighted by atomic mass is 16.2. The smallest absolute Gasteiger partial charge is 0.252 e. The molecule has 110 valence electrons. The average molecular weight is 286 g/mol. The molecule has 1 atom stereocenters. The normalized spacial score (nSPS) is 11.9. The number of primary amides is 1. The molecule has 0 radical (unpaired) electrons. The number of carbonyl (C=O) groups excluding carboxylic acids is 2. The second kappa shape index (κ2) is 6.21. The molecule has 0 saturated carbocycles.